The molecule has 0 radical (unpaired) electrons. The number of rotatable bonds is 17. The quantitative estimate of drug-likeness (QED) is 0.0573. The Hall–Kier alpha value is -5.38. The second-order valence-electron chi connectivity index (χ2n) is 19.5. The second kappa shape index (κ2) is 21.2. The van der Waals surface area contributed by atoms with E-state index in [1.54, 1.807) is 11.9 Å². The number of H-pyrrole nitrogens is 1. The fourth-order valence-electron chi connectivity index (χ4n) is 11.3. The number of aromatic nitrogens is 2. The van der Waals surface area contributed by atoms with Gasteiger partial charge in [-0.1, -0.05) is 30.4 Å². The number of aryl methyl sites for hydroxylation is 2. The lowest BCUT2D eigenvalue weighted by molar-refractivity contribution is -0.212. The van der Waals surface area contributed by atoms with Crippen LogP contribution in [0.4, 0.5) is 5.69 Å². The predicted molar refractivity (Wildman–Crippen MR) is 268 cm³/mol. The van der Waals surface area contributed by atoms with Gasteiger partial charge in [0.15, 0.2) is 0 Å². The maximum atomic E-state index is 14.6. The number of nitrogens with zero attached hydrogens (tertiary/aromatic N) is 4. The van der Waals surface area contributed by atoms with Crippen LogP contribution in [0.1, 0.15) is 100 Å². The smallest absolute Gasteiger partial charge is 0.487 e. The molecule has 0 bridgehead atoms. The Balaban J connectivity index is 0.792. The van der Waals surface area contributed by atoms with Gasteiger partial charge in [0.25, 0.3) is 19.3 Å². The Morgan fingerprint density at radius 1 is 0.947 bits per heavy atom. The van der Waals surface area contributed by atoms with Gasteiger partial charge in [-0.05, 0) is 74.3 Å². The highest BCUT2D eigenvalue weighted by molar-refractivity contribution is 7.66. The zero-order valence-corrected chi connectivity index (χ0v) is 43.6. The number of aliphatic hydroxyl groups excluding tert-OH is 1. The van der Waals surface area contributed by atoms with Gasteiger partial charge >= 0.3 is 21.3 Å². The van der Waals surface area contributed by atoms with Crippen molar-refractivity contribution in [1.29, 1.82) is 0 Å². The van der Waals surface area contributed by atoms with Gasteiger partial charge in [0.05, 0.1) is 23.8 Å². The summed E-state index contributed by atoms with van der Waals surface area (Å²) in [6.45, 7) is 3.45. The number of aromatic amines is 1. The summed E-state index contributed by atoms with van der Waals surface area (Å²) in [6, 6.07) is 12.4. The SMILES string of the molecule is CN(CCCC(=O)NC/C=C/c1cn([C@H]2C[C@H](O)[C@@H](COP(=O)(O)OP(=O)(O)OP(=O)([O-])O)O2)c(=O)[nH]c1=O)C(=O)c1ccccc1C1=c2cc3c4c(c2Oc2c1cc1c5c2CCCN5CCC1)CCC[N+]=4CCC3. The van der Waals surface area contributed by atoms with Crippen LogP contribution in [-0.2, 0) is 62.1 Å². The highest BCUT2D eigenvalue weighted by atomic mass is 31.3. The van der Waals surface area contributed by atoms with Crippen LogP contribution in [0.3, 0.4) is 0 Å². The molecule has 6 atom stereocenters. The van der Waals surface area contributed by atoms with Gasteiger partial charge in [0.2, 0.25) is 11.3 Å². The minimum absolute atomic E-state index is 0.00541. The van der Waals surface area contributed by atoms with Crippen LogP contribution in [-0.4, -0.2) is 111 Å². The fourth-order valence-corrected chi connectivity index (χ4v) is 14.3. The van der Waals surface area contributed by atoms with Crippen molar-refractivity contribution < 1.29 is 70.6 Å². The van der Waals surface area contributed by atoms with E-state index < -0.39 is 59.8 Å². The second-order valence-corrected chi connectivity index (χ2v) is 23.9. The van der Waals surface area contributed by atoms with Gasteiger partial charge in [0, 0.05) is 104 Å². The van der Waals surface area contributed by atoms with Gasteiger partial charge in [0.1, 0.15) is 36.9 Å². The molecule has 26 heteroatoms. The summed E-state index contributed by atoms with van der Waals surface area (Å²) in [5, 5.41) is 15.6. The number of carbonyl (C=O) groups excluding carboxylic acids is 2. The minimum atomic E-state index is -5.87. The molecule has 0 aliphatic carbocycles. The molecule has 3 aromatic carbocycles. The van der Waals surface area contributed by atoms with Crippen LogP contribution in [0, 0.1) is 0 Å². The molecule has 1 fully saturated rings. The predicted octanol–water partition coefficient (Wildman–Crippen LogP) is 2.01. The first-order valence-electron chi connectivity index (χ1n) is 24.9. The molecule has 3 unspecified atom stereocenters. The van der Waals surface area contributed by atoms with E-state index in [4.69, 9.17) is 14.4 Å². The standard InChI is InChI=1S/C49H57N6O17P3/c1-52(19-9-17-40(57)50-18-4-10-31-27-55(49(60)51-47(31)58)41-26-38(56)39(69-41)28-68-74(64,65)72-75(66,67)71-73(61,62)63)48(59)33-14-3-2-13-32(33)42-36-24-29-11-5-20-53-22-7-15-34(43(29)53)45(36)70-46-35-16-8-23-54-21-6-12-30(44(35)54)25-37(42)46/h2-4,10,13-14,24-25,27,38-39,41,56H,5-9,11-12,15-23,26,28H2,1H3,(H5-,50,51,57,58,60,61,62,63,64,65,66,67)/b10-4+/t38-,39+,41+/m0/s1. The molecule has 4 aromatic rings. The lowest BCUT2D eigenvalue weighted by Crippen LogP contribution is -2.45. The number of amides is 2. The summed E-state index contributed by atoms with van der Waals surface area (Å²) in [5.41, 5.74) is 8.20. The van der Waals surface area contributed by atoms with Crippen LogP contribution in [0.15, 0.2) is 58.3 Å². The first-order chi connectivity index (χ1) is 35.7. The Labute approximate surface area is 429 Å². The number of fused-ring (bicyclic) bond motifs is 4. The Morgan fingerprint density at radius 3 is 2.47 bits per heavy atom. The number of phosphoric ester groups is 1. The zero-order valence-electron chi connectivity index (χ0n) is 40.9. The topological polar surface area (TPSA) is 312 Å². The molecule has 75 heavy (non-hydrogen) atoms. The van der Waals surface area contributed by atoms with E-state index in [1.807, 2.05) is 24.3 Å². The van der Waals surface area contributed by atoms with E-state index in [9.17, 15) is 52.7 Å². The maximum absolute atomic E-state index is 14.6. The van der Waals surface area contributed by atoms with Crippen molar-refractivity contribution in [1.82, 2.24) is 24.3 Å². The van der Waals surface area contributed by atoms with E-state index in [1.165, 1.54) is 45.5 Å². The van der Waals surface area contributed by atoms with E-state index >= 15 is 0 Å². The van der Waals surface area contributed by atoms with Gasteiger partial charge in [-0.3, -0.25) is 33.0 Å². The average molecular weight is 1090 g/mol. The Morgan fingerprint density at radius 2 is 1.68 bits per heavy atom. The molecule has 0 spiro atoms. The average Bonchev–Trinajstić information content (AvgIpc) is 3.73. The highest BCUT2D eigenvalue weighted by Gasteiger charge is 2.42. The van der Waals surface area contributed by atoms with Crippen molar-refractivity contribution in [3.63, 3.8) is 0 Å². The molecule has 6 aliphatic rings. The highest BCUT2D eigenvalue weighted by Crippen LogP contribution is 2.65. The van der Waals surface area contributed by atoms with Crippen molar-refractivity contribution in [3.05, 3.63) is 125 Å². The van der Waals surface area contributed by atoms with E-state index in [0.717, 1.165) is 122 Å². The number of benzene rings is 3. The molecule has 1 aromatic heterocycles. The first-order valence-corrected chi connectivity index (χ1v) is 29.4. The monoisotopic (exact) mass is 1090 g/mol. The minimum Gasteiger partial charge on any atom is -0.756 e. The van der Waals surface area contributed by atoms with Crippen LogP contribution in [0.25, 0.3) is 11.6 Å². The molecule has 6 N–H and O–H groups in total. The van der Waals surface area contributed by atoms with Crippen molar-refractivity contribution in [2.75, 3.05) is 57.8 Å². The summed E-state index contributed by atoms with van der Waals surface area (Å²) in [4.78, 5) is 97.8. The molecule has 1 saturated heterocycles. The number of phosphoric acid groups is 3. The summed E-state index contributed by atoms with van der Waals surface area (Å²) in [6.07, 6.45) is 8.04. The molecule has 6 aliphatic heterocycles. The molecule has 2 amide bonds. The number of ether oxygens (including phenoxy) is 2. The lowest BCUT2D eigenvalue weighted by atomic mass is 9.81. The number of carbonyl (C=O) groups is 2. The molecule has 7 heterocycles. The van der Waals surface area contributed by atoms with Crippen molar-refractivity contribution >= 4 is 52.6 Å². The molecular formula is C49H57N6O17P3. The maximum Gasteiger partial charge on any atom is 0.487 e. The van der Waals surface area contributed by atoms with Crippen molar-refractivity contribution in [2.45, 2.75) is 89.1 Å². The Bertz CT molecular complexity index is 3420. The molecule has 10 rings (SSSR count). The third kappa shape index (κ3) is 11.2. The summed E-state index contributed by atoms with van der Waals surface area (Å²) >= 11 is 0. The van der Waals surface area contributed by atoms with Gasteiger partial charge in [-0.15, -0.1) is 0 Å². The molecule has 23 nitrogen and oxygen atoms in total. The molecule has 0 saturated carbocycles. The zero-order chi connectivity index (χ0) is 53.0. The summed E-state index contributed by atoms with van der Waals surface area (Å²) in [7, 11) is -15.5. The van der Waals surface area contributed by atoms with E-state index in [0.29, 0.717) is 12.0 Å². The van der Waals surface area contributed by atoms with Crippen molar-refractivity contribution in [2.24, 2.45) is 0 Å². The number of anilines is 1. The van der Waals surface area contributed by atoms with Crippen LogP contribution in [0.5, 0.6) is 11.5 Å². The van der Waals surface area contributed by atoms with Gasteiger partial charge < -0.3 is 49.3 Å². The van der Waals surface area contributed by atoms with Crippen LogP contribution < -0.4 is 46.2 Å². The molecular weight excluding hydrogens is 1040 g/mol. The third-order valence-corrected chi connectivity index (χ3v) is 18.2. The summed E-state index contributed by atoms with van der Waals surface area (Å²) in [5.74, 6) is 1.34. The van der Waals surface area contributed by atoms with Gasteiger partial charge in [-0.2, -0.15) is 4.31 Å². The van der Waals surface area contributed by atoms with Crippen molar-refractivity contribution in [3.8, 4) is 11.5 Å². The number of hydrogen-bond acceptors (Lipinski definition) is 15. The fraction of sp³-hybridized carbons (Fsp3) is 0.449. The normalized spacial score (nSPS) is 21.9. The van der Waals surface area contributed by atoms with Gasteiger partial charge in [-0.25, -0.2) is 22.8 Å². The van der Waals surface area contributed by atoms with Crippen LogP contribution in [0.2, 0.25) is 0 Å². The largest absolute Gasteiger partial charge is 0.756 e. The number of hydrogen-bond donors (Lipinski definition) is 6. The summed E-state index contributed by atoms with van der Waals surface area (Å²) < 4.78 is 62.5. The Kier molecular flexibility index (Phi) is 15.0. The van der Waals surface area contributed by atoms with E-state index in [-0.39, 0.29) is 43.3 Å². The lowest BCUT2D eigenvalue weighted by Gasteiger charge is -2.39. The van der Waals surface area contributed by atoms with E-state index in [2.05, 4.69) is 45.1 Å². The van der Waals surface area contributed by atoms with Crippen LogP contribution >= 0.6 is 23.5 Å². The molecule has 400 valence electrons. The first kappa shape index (κ1) is 53.0. The number of aliphatic hydroxyl groups is 1. The number of nitrogens with one attached hydrogen (secondary N) is 2. The third-order valence-electron chi connectivity index (χ3n) is 14.4.